The molecule has 0 bridgehead atoms. The van der Waals surface area contributed by atoms with Gasteiger partial charge in [0.2, 0.25) is 0 Å². The van der Waals surface area contributed by atoms with E-state index < -0.39 is 6.04 Å². The Labute approximate surface area is 166 Å². The van der Waals surface area contributed by atoms with Crippen LogP contribution in [0.3, 0.4) is 0 Å². The van der Waals surface area contributed by atoms with Gasteiger partial charge < -0.3 is 11.5 Å². The third-order valence-corrected chi connectivity index (χ3v) is 3.82. The molecule has 0 aliphatic heterocycles. The smallest absolute Gasteiger partial charge is 0.151 e. The van der Waals surface area contributed by atoms with Crippen molar-refractivity contribution in [1.82, 2.24) is 0 Å². The minimum absolute atomic E-state index is 0.0389. The van der Waals surface area contributed by atoms with Crippen LogP contribution in [0.25, 0.3) is 0 Å². The topological polar surface area (TPSA) is 69.1 Å². The largest absolute Gasteiger partial charge is 0.328 e. The molecule has 0 aromatic heterocycles. The Morgan fingerprint density at radius 1 is 0.704 bits per heavy atom. The highest BCUT2D eigenvalue weighted by Gasteiger charge is 2.09. The summed E-state index contributed by atoms with van der Waals surface area (Å²) in [7, 11) is 0. The molecule has 0 spiro atoms. The SMILES string of the molecule is CCC=CCC=CCC=CCC=CCC=CCC=CCCC(=O)C(N)CN. The molecule has 27 heavy (non-hydrogen) atoms. The van der Waals surface area contributed by atoms with Crippen LogP contribution < -0.4 is 11.5 Å². The molecule has 0 aliphatic rings. The number of Topliss-reactive ketones (excluding diaryl/α,β-unsaturated/α-hetero) is 1. The van der Waals surface area contributed by atoms with Gasteiger partial charge in [-0.1, -0.05) is 79.8 Å². The average Bonchev–Trinajstić information content (AvgIpc) is 2.68. The number of carbonyl (C=O) groups excluding carboxylic acids is 1. The molecule has 0 amide bonds. The van der Waals surface area contributed by atoms with Crippen molar-refractivity contribution in [3.05, 3.63) is 72.9 Å². The van der Waals surface area contributed by atoms with Crippen molar-refractivity contribution in [3.8, 4) is 0 Å². The van der Waals surface area contributed by atoms with Crippen molar-refractivity contribution < 1.29 is 4.79 Å². The molecule has 1 unspecified atom stereocenters. The lowest BCUT2D eigenvalue weighted by Crippen LogP contribution is -2.37. The van der Waals surface area contributed by atoms with Gasteiger partial charge >= 0.3 is 0 Å². The summed E-state index contributed by atoms with van der Waals surface area (Å²) in [6.07, 6.45) is 33.2. The van der Waals surface area contributed by atoms with Crippen LogP contribution in [0.1, 0.15) is 58.3 Å². The van der Waals surface area contributed by atoms with E-state index in [-0.39, 0.29) is 12.3 Å². The van der Waals surface area contributed by atoms with Gasteiger partial charge in [-0.25, -0.2) is 0 Å². The molecule has 150 valence electrons. The van der Waals surface area contributed by atoms with Crippen LogP contribution in [0.2, 0.25) is 0 Å². The van der Waals surface area contributed by atoms with Crippen LogP contribution in [0.15, 0.2) is 72.9 Å². The molecule has 3 nitrogen and oxygen atoms in total. The van der Waals surface area contributed by atoms with Gasteiger partial charge in [-0.2, -0.15) is 0 Å². The van der Waals surface area contributed by atoms with Gasteiger partial charge in [-0.15, -0.1) is 0 Å². The van der Waals surface area contributed by atoms with Crippen molar-refractivity contribution in [3.63, 3.8) is 0 Å². The molecule has 0 heterocycles. The van der Waals surface area contributed by atoms with E-state index >= 15 is 0 Å². The quantitative estimate of drug-likeness (QED) is 0.361. The Bertz CT molecular complexity index is 524. The fraction of sp³-hybridized carbons (Fsp3) is 0.458. The first-order valence-corrected chi connectivity index (χ1v) is 10.1. The molecule has 0 saturated carbocycles. The zero-order chi connectivity index (χ0) is 20.0. The van der Waals surface area contributed by atoms with Gasteiger partial charge in [-0.05, 0) is 44.9 Å². The summed E-state index contributed by atoms with van der Waals surface area (Å²) in [6, 6.07) is -0.510. The van der Waals surface area contributed by atoms with Crippen molar-refractivity contribution in [2.75, 3.05) is 6.54 Å². The van der Waals surface area contributed by atoms with Gasteiger partial charge in [0.15, 0.2) is 5.78 Å². The number of ketones is 1. The van der Waals surface area contributed by atoms with Crippen LogP contribution >= 0.6 is 0 Å². The predicted molar refractivity (Wildman–Crippen MR) is 119 cm³/mol. The first-order valence-electron chi connectivity index (χ1n) is 10.1. The molecule has 4 N–H and O–H groups in total. The molecule has 0 radical (unpaired) electrons. The summed E-state index contributed by atoms with van der Waals surface area (Å²) in [4.78, 5) is 11.5. The minimum atomic E-state index is -0.510. The monoisotopic (exact) mass is 370 g/mol. The number of carbonyl (C=O) groups is 1. The molecule has 0 aromatic carbocycles. The molecule has 0 saturated heterocycles. The summed E-state index contributed by atoms with van der Waals surface area (Å²) in [5.74, 6) is 0.0389. The van der Waals surface area contributed by atoms with E-state index in [1.807, 2.05) is 6.08 Å². The Hall–Kier alpha value is -1.97. The highest BCUT2D eigenvalue weighted by atomic mass is 16.1. The lowest BCUT2D eigenvalue weighted by atomic mass is 10.1. The van der Waals surface area contributed by atoms with E-state index in [0.717, 1.165) is 44.9 Å². The molecule has 0 aromatic rings. The maximum absolute atomic E-state index is 11.5. The number of allylic oxidation sites excluding steroid dienone is 12. The predicted octanol–water partition coefficient (Wildman–Crippen LogP) is 5.32. The second kappa shape index (κ2) is 20.3. The number of nitrogens with two attached hydrogens (primary N) is 2. The van der Waals surface area contributed by atoms with E-state index in [4.69, 9.17) is 11.5 Å². The second-order valence-electron chi connectivity index (χ2n) is 6.26. The Balaban J connectivity index is 3.60. The minimum Gasteiger partial charge on any atom is -0.328 e. The first kappa shape index (κ1) is 25.0. The fourth-order valence-electron chi connectivity index (χ4n) is 2.18. The van der Waals surface area contributed by atoms with Crippen LogP contribution in [0, 0.1) is 0 Å². The summed E-state index contributed by atoms with van der Waals surface area (Å²) < 4.78 is 0. The molecular formula is C24H38N2O. The lowest BCUT2D eigenvalue weighted by molar-refractivity contribution is -0.120. The molecule has 0 rings (SSSR count). The molecule has 0 aliphatic carbocycles. The average molecular weight is 371 g/mol. The van der Waals surface area contributed by atoms with Crippen molar-refractivity contribution in [1.29, 1.82) is 0 Å². The Morgan fingerprint density at radius 2 is 1.07 bits per heavy atom. The van der Waals surface area contributed by atoms with Gasteiger partial charge in [-0.3, -0.25) is 4.79 Å². The van der Waals surface area contributed by atoms with Crippen molar-refractivity contribution in [2.24, 2.45) is 11.5 Å². The summed E-state index contributed by atoms with van der Waals surface area (Å²) in [5.41, 5.74) is 10.9. The zero-order valence-electron chi connectivity index (χ0n) is 16.9. The van der Waals surface area contributed by atoms with Crippen molar-refractivity contribution in [2.45, 2.75) is 64.3 Å². The van der Waals surface area contributed by atoms with E-state index in [0.29, 0.717) is 6.42 Å². The van der Waals surface area contributed by atoms with Crippen LogP contribution in [0.4, 0.5) is 0 Å². The van der Waals surface area contributed by atoms with E-state index in [9.17, 15) is 4.79 Å². The third kappa shape index (κ3) is 18.6. The standard InChI is InChI=1S/C24H38N2O/c1-2-3-4-5-6-7-8-9-10-11-12-13-14-15-16-17-18-19-20-21-24(27)23(26)22-25/h3-4,6-7,9-10,12-13,15-16,18-19,23H,2,5,8,11,14,17,20-22,25-26H2,1H3. The van der Waals surface area contributed by atoms with Gasteiger partial charge in [0, 0.05) is 13.0 Å². The highest BCUT2D eigenvalue weighted by Crippen LogP contribution is 1.99. The zero-order valence-corrected chi connectivity index (χ0v) is 16.9. The van der Waals surface area contributed by atoms with E-state index in [1.165, 1.54) is 0 Å². The third-order valence-electron chi connectivity index (χ3n) is 3.82. The number of hydrogen-bond donors (Lipinski definition) is 2. The van der Waals surface area contributed by atoms with Crippen LogP contribution in [-0.4, -0.2) is 18.4 Å². The maximum Gasteiger partial charge on any atom is 0.151 e. The molecule has 0 fully saturated rings. The van der Waals surface area contributed by atoms with Gasteiger partial charge in [0.05, 0.1) is 6.04 Å². The van der Waals surface area contributed by atoms with Gasteiger partial charge in [0.25, 0.3) is 0 Å². The maximum atomic E-state index is 11.5. The van der Waals surface area contributed by atoms with Crippen LogP contribution in [0.5, 0.6) is 0 Å². The second-order valence-corrected chi connectivity index (χ2v) is 6.26. The van der Waals surface area contributed by atoms with Gasteiger partial charge in [0.1, 0.15) is 0 Å². The lowest BCUT2D eigenvalue weighted by Gasteiger charge is -2.04. The normalized spacial score (nSPS) is 14.2. The fourth-order valence-corrected chi connectivity index (χ4v) is 2.18. The van der Waals surface area contributed by atoms with E-state index in [2.05, 4.69) is 73.8 Å². The summed E-state index contributed by atoms with van der Waals surface area (Å²) >= 11 is 0. The van der Waals surface area contributed by atoms with Crippen LogP contribution in [-0.2, 0) is 4.79 Å². The first-order chi connectivity index (χ1) is 13.2. The van der Waals surface area contributed by atoms with E-state index in [1.54, 1.807) is 0 Å². The highest BCUT2D eigenvalue weighted by molar-refractivity contribution is 5.84. The molecule has 3 heteroatoms. The Morgan fingerprint density at radius 3 is 1.44 bits per heavy atom. The molecule has 1 atom stereocenters. The molecular weight excluding hydrogens is 332 g/mol. The Kier molecular flexibility index (Phi) is 18.9. The number of hydrogen-bond acceptors (Lipinski definition) is 3. The number of rotatable bonds is 16. The van der Waals surface area contributed by atoms with Crippen molar-refractivity contribution >= 4 is 5.78 Å². The summed E-state index contributed by atoms with van der Waals surface area (Å²) in [6.45, 7) is 2.38. The summed E-state index contributed by atoms with van der Waals surface area (Å²) in [5, 5.41) is 0.